The largest absolute Gasteiger partial charge is 0.492 e. The van der Waals surface area contributed by atoms with Crippen molar-refractivity contribution in [1.29, 1.82) is 0 Å². The van der Waals surface area contributed by atoms with Gasteiger partial charge in [0, 0.05) is 50.0 Å². The van der Waals surface area contributed by atoms with Gasteiger partial charge in [-0.3, -0.25) is 19.8 Å². The number of carbonyl (C=O) groups excluding carboxylic acids is 1. The van der Waals surface area contributed by atoms with E-state index in [0.717, 1.165) is 56.8 Å². The van der Waals surface area contributed by atoms with E-state index in [1.807, 2.05) is 24.3 Å². The van der Waals surface area contributed by atoms with Crippen LogP contribution < -0.4 is 15.4 Å². The Hall–Kier alpha value is -3.17. The topological polar surface area (TPSA) is 106 Å². The van der Waals surface area contributed by atoms with Crippen LogP contribution in [0.5, 0.6) is 5.75 Å². The minimum Gasteiger partial charge on any atom is -0.492 e. The van der Waals surface area contributed by atoms with E-state index in [2.05, 4.69) is 22.6 Å². The van der Waals surface area contributed by atoms with Crippen LogP contribution in [0.3, 0.4) is 0 Å². The van der Waals surface area contributed by atoms with Crippen molar-refractivity contribution >= 4 is 17.3 Å². The standard InChI is InChI=1S/C25H32N4O5/c1-28(21-9-12-33-13-10-21)11-14-34-22-4-2-3-18(15-22)17-26-25(30)19-5-8-23(27-20-6-7-20)24(16-19)29(31)32/h2-5,8,15-16,20-21,27H,6-7,9-14,17H2,1H3,(H,26,30). The molecule has 2 aliphatic rings. The van der Waals surface area contributed by atoms with Crippen LogP contribution in [0.25, 0.3) is 0 Å². The maximum Gasteiger partial charge on any atom is 0.293 e. The van der Waals surface area contributed by atoms with E-state index < -0.39 is 4.92 Å². The Morgan fingerprint density at radius 1 is 1.18 bits per heavy atom. The number of likely N-dealkylation sites (N-methyl/N-ethyl adjacent to an activating group) is 1. The maximum absolute atomic E-state index is 12.6. The van der Waals surface area contributed by atoms with E-state index in [-0.39, 0.29) is 23.2 Å². The van der Waals surface area contributed by atoms with Crippen molar-refractivity contribution in [3.8, 4) is 5.75 Å². The molecule has 2 aromatic rings. The average molecular weight is 469 g/mol. The molecule has 0 radical (unpaired) electrons. The molecule has 0 atom stereocenters. The van der Waals surface area contributed by atoms with Crippen molar-refractivity contribution in [2.45, 2.75) is 44.3 Å². The van der Waals surface area contributed by atoms with Gasteiger partial charge in [-0.1, -0.05) is 12.1 Å². The molecule has 0 unspecified atom stereocenters. The third-order valence-corrected chi connectivity index (χ3v) is 6.27. The molecule has 0 spiro atoms. The van der Waals surface area contributed by atoms with Crippen LogP contribution in [-0.4, -0.2) is 61.2 Å². The Labute approximate surface area is 199 Å². The first kappa shape index (κ1) is 24.0. The summed E-state index contributed by atoms with van der Waals surface area (Å²) in [7, 11) is 2.12. The Bertz CT molecular complexity index is 1000. The summed E-state index contributed by atoms with van der Waals surface area (Å²) in [6, 6.07) is 13.0. The summed E-state index contributed by atoms with van der Waals surface area (Å²) < 4.78 is 11.3. The number of carbonyl (C=O) groups is 1. The van der Waals surface area contributed by atoms with Gasteiger partial charge in [0.15, 0.2) is 0 Å². The highest BCUT2D eigenvalue weighted by Crippen LogP contribution is 2.31. The number of rotatable bonds is 11. The molecule has 2 N–H and O–H groups in total. The fourth-order valence-electron chi connectivity index (χ4n) is 4.04. The summed E-state index contributed by atoms with van der Waals surface area (Å²) >= 11 is 0. The van der Waals surface area contributed by atoms with Crippen LogP contribution >= 0.6 is 0 Å². The summed E-state index contributed by atoms with van der Waals surface area (Å²) in [5.41, 5.74) is 1.53. The van der Waals surface area contributed by atoms with E-state index in [0.29, 0.717) is 24.9 Å². The molecule has 0 bridgehead atoms. The maximum atomic E-state index is 12.6. The molecular formula is C25H32N4O5. The van der Waals surface area contributed by atoms with Crippen LogP contribution in [-0.2, 0) is 11.3 Å². The fraction of sp³-hybridized carbons (Fsp3) is 0.480. The lowest BCUT2D eigenvalue weighted by atomic mass is 10.1. The molecule has 34 heavy (non-hydrogen) atoms. The lowest BCUT2D eigenvalue weighted by molar-refractivity contribution is -0.384. The van der Waals surface area contributed by atoms with Gasteiger partial charge in [0.2, 0.25) is 0 Å². The number of hydrogen-bond donors (Lipinski definition) is 2. The predicted octanol–water partition coefficient (Wildman–Crippen LogP) is 3.59. The first-order valence-corrected chi connectivity index (χ1v) is 11.8. The number of ether oxygens (including phenoxy) is 2. The van der Waals surface area contributed by atoms with Gasteiger partial charge in [-0.2, -0.15) is 0 Å². The minimum absolute atomic E-state index is 0.0827. The molecule has 1 saturated heterocycles. The number of nitro groups is 1. The summed E-state index contributed by atoms with van der Waals surface area (Å²) in [4.78, 5) is 25.9. The van der Waals surface area contributed by atoms with Gasteiger partial charge in [0.25, 0.3) is 11.6 Å². The van der Waals surface area contributed by atoms with Crippen LogP contribution in [0.15, 0.2) is 42.5 Å². The van der Waals surface area contributed by atoms with Gasteiger partial charge >= 0.3 is 0 Å². The molecular weight excluding hydrogens is 436 g/mol. The number of benzene rings is 2. The molecule has 1 amide bonds. The molecule has 1 heterocycles. The number of hydrogen-bond acceptors (Lipinski definition) is 7. The fourth-order valence-corrected chi connectivity index (χ4v) is 4.04. The molecule has 9 nitrogen and oxygen atoms in total. The molecule has 182 valence electrons. The van der Waals surface area contributed by atoms with Gasteiger partial charge in [-0.05, 0) is 62.6 Å². The van der Waals surface area contributed by atoms with Gasteiger partial charge in [0.05, 0.1) is 4.92 Å². The molecule has 2 aromatic carbocycles. The molecule has 1 aliphatic carbocycles. The van der Waals surface area contributed by atoms with Crippen molar-refractivity contribution in [3.05, 3.63) is 63.7 Å². The number of nitrogens with zero attached hydrogens (tertiary/aromatic N) is 2. The van der Waals surface area contributed by atoms with Crippen molar-refractivity contribution in [2.24, 2.45) is 0 Å². The Kier molecular flexibility index (Phi) is 7.97. The molecule has 1 aliphatic heterocycles. The molecule has 2 fully saturated rings. The first-order chi connectivity index (χ1) is 16.5. The average Bonchev–Trinajstić information content (AvgIpc) is 3.67. The zero-order valence-electron chi connectivity index (χ0n) is 19.5. The van der Waals surface area contributed by atoms with Crippen molar-refractivity contribution in [3.63, 3.8) is 0 Å². The van der Waals surface area contributed by atoms with Crippen molar-refractivity contribution in [1.82, 2.24) is 10.2 Å². The number of anilines is 1. The number of nitro benzene ring substituents is 1. The highest BCUT2D eigenvalue weighted by atomic mass is 16.6. The quantitative estimate of drug-likeness (QED) is 0.383. The normalized spacial score (nSPS) is 16.3. The molecule has 4 rings (SSSR count). The van der Waals surface area contributed by atoms with E-state index in [4.69, 9.17) is 9.47 Å². The zero-order valence-corrected chi connectivity index (χ0v) is 19.5. The SMILES string of the molecule is CN(CCOc1cccc(CNC(=O)c2ccc(NC3CC3)c([N+](=O)[O-])c2)c1)C1CCOCC1. The van der Waals surface area contributed by atoms with Gasteiger partial charge in [-0.15, -0.1) is 0 Å². The van der Waals surface area contributed by atoms with Gasteiger partial charge in [-0.25, -0.2) is 0 Å². The van der Waals surface area contributed by atoms with E-state index in [1.165, 1.54) is 6.07 Å². The summed E-state index contributed by atoms with van der Waals surface area (Å²) in [5, 5.41) is 17.4. The lowest BCUT2D eigenvalue weighted by Gasteiger charge is -2.31. The summed E-state index contributed by atoms with van der Waals surface area (Å²) in [6.07, 6.45) is 4.12. The van der Waals surface area contributed by atoms with E-state index in [1.54, 1.807) is 12.1 Å². The summed E-state index contributed by atoms with van der Waals surface area (Å²) in [5.74, 6) is 0.392. The molecule has 1 saturated carbocycles. The summed E-state index contributed by atoms with van der Waals surface area (Å²) in [6.45, 7) is 3.34. The Morgan fingerprint density at radius 3 is 2.71 bits per heavy atom. The van der Waals surface area contributed by atoms with E-state index >= 15 is 0 Å². The van der Waals surface area contributed by atoms with Crippen LogP contribution in [0, 0.1) is 10.1 Å². The van der Waals surface area contributed by atoms with Gasteiger partial charge in [0.1, 0.15) is 18.0 Å². The Balaban J connectivity index is 1.28. The second-order valence-electron chi connectivity index (χ2n) is 8.91. The van der Waals surface area contributed by atoms with Crippen LogP contribution in [0.1, 0.15) is 41.6 Å². The number of amides is 1. The minimum atomic E-state index is -0.457. The second kappa shape index (κ2) is 11.3. The van der Waals surface area contributed by atoms with Crippen molar-refractivity contribution < 1.29 is 19.2 Å². The van der Waals surface area contributed by atoms with Crippen LogP contribution in [0.4, 0.5) is 11.4 Å². The molecule has 9 heteroatoms. The first-order valence-electron chi connectivity index (χ1n) is 11.8. The van der Waals surface area contributed by atoms with Crippen LogP contribution in [0.2, 0.25) is 0 Å². The second-order valence-corrected chi connectivity index (χ2v) is 8.91. The highest BCUT2D eigenvalue weighted by molar-refractivity contribution is 5.95. The third-order valence-electron chi connectivity index (χ3n) is 6.27. The van der Waals surface area contributed by atoms with Gasteiger partial charge < -0.3 is 20.1 Å². The monoisotopic (exact) mass is 468 g/mol. The predicted molar refractivity (Wildman–Crippen MR) is 129 cm³/mol. The molecule has 0 aromatic heterocycles. The van der Waals surface area contributed by atoms with E-state index in [9.17, 15) is 14.9 Å². The third kappa shape index (κ3) is 6.68. The highest BCUT2D eigenvalue weighted by Gasteiger charge is 2.25. The van der Waals surface area contributed by atoms with Crippen molar-refractivity contribution in [2.75, 3.05) is 38.7 Å². The Morgan fingerprint density at radius 2 is 1.97 bits per heavy atom. The zero-order chi connectivity index (χ0) is 23.9. The lowest BCUT2D eigenvalue weighted by Crippen LogP contribution is -2.38. The smallest absolute Gasteiger partial charge is 0.293 e. The number of nitrogens with one attached hydrogen (secondary N) is 2.